The second kappa shape index (κ2) is 4.97. The van der Waals surface area contributed by atoms with Crippen LogP contribution in [0.2, 0.25) is 0 Å². The molecule has 0 aromatic heterocycles. The van der Waals surface area contributed by atoms with Gasteiger partial charge in [-0.15, -0.1) is 0 Å². The Morgan fingerprint density at radius 3 is 2.41 bits per heavy atom. The molecule has 0 aliphatic heterocycles. The van der Waals surface area contributed by atoms with Crippen molar-refractivity contribution >= 4 is 0 Å². The highest BCUT2D eigenvalue weighted by atomic mass is 19.1. The lowest BCUT2D eigenvalue weighted by Crippen LogP contribution is -1.95. The van der Waals surface area contributed by atoms with Gasteiger partial charge in [0.05, 0.1) is 7.11 Å². The first kappa shape index (κ1) is 11.6. The monoisotopic (exact) mass is 231 g/mol. The second-order valence-electron chi connectivity index (χ2n) is 3.75. The fourth-order valence-electron chi connectivity index (χ4n) is 1.72. The van der Waals surface area contributed by atoms with E-state index in [9.17, 15) is 4.39 Å². The molecule has 0 saturated carbocycles. The van der Waals surface area contributed by atoms with Gasteiger partial charge in [0.25, 0.3) is 0 Å². The Balaban J connectivity index is 2.44. The van der Waals surface area contributed by atoms with E-state index in [-0.39, 0.29) is 5.82 Å². The quantitative estimate of drug-likeness (QED) is 0.881. The van der Waals surface area contributed by atoms with Crippen molar-refractivity contribution in [2.45, 2.75) is 6.54 Å². The average Bonchev–Trinajstić information content (AvgIpc) is 2.39. The van der Waals surface area contributed by atoms with Crippen LogP contribution < -0.4 is 10.5 Å². The van der Waals surface area contributed by atoms with Crippen LogP contribution in [-0.2, 0) is 6.54 Å². The summed E-state index contributed by atoms with van der Waals surface area (Å²) in [7, 11) is 1.53. The molecular weight excluding hydrogens is 217 g/mol. The zero-order valence-electron chi connectivity index (χ0n) is 9.61. The highest BCUT2D eigenvalue weighted by Gasteiger charge is 2.06. The minimum atomic E-state index is -0.302. The number of hydrogen-bond donors (Lipinski definition) is 1. The first-order valence-electron chi connectivity index (χ1n) is 5.37. The minimum Gasteiger partial charge on any atom is -0.496 e. The van der Waals surface area contributed by atoms with Gasteiger partial charge in [0.15, 0.2) is 0 Å². The van der Waals surface area contributed by atoms with E-state index in [4.69, 9.17) is 10.5 Å². The predicted molar refractivity (Wildman–Crippen MR) is 66.3 cm³/mol. The molecule has 2 rings (SSSR count). The molecule has 2 N–H and O–H groups in total. The molecule has 2 nitrogen and oxygen atoms in total. The van der Waals surface area contributed by atoms with Crippen LogP contribution in [-0.4, -0.2) is 7.11 Å². The van der Waals surface area contributed by atoms with E-state index in [1.165, 1.54) is 19.2 Å². The van der Waals surface area contributed by atoms with Crippen molar-refractivity contribution < 1.29 is 9.13 Å². The van der Waals surface area contributed by atoms with Crippen molar-refractivity contribution in [2.75, 3.05) is 7.11 Å². The van der Waals surface area contributed by atoms with E-state index in [2.05, 4.69) is 0 Å². The van der Waals surface area contributed by atoms with E-state index in [0.29, 0.717) is 12.3 Å². The highest BCUT2D eigenvalue weighted by Crippen LogP contribution is 2.30. The van der Waals surface area contributed by atoms with Gasteiger partial charge in [0.2, 0.25) is 0 Å². The van der Waals surface area contributed by atoms with Crippen LogP contribution in [0.4, 0.5) is 4.39 Å². The number of rotatable bonds is 3. The molecule has 0 saturated heterocycles. The average molecular weight is 231 g/mol. The van der Waals surface area contributed by atoms with Crippen LogP contribution in [0.1, 0.15) is 5.56 Å². The summed E-state index contributed by atoms with van der Waals surface area (Å²) < 4.78 is 18.2. The molecular formula is C14H14FNO. The third kappa shape index (κ3) is 2.45. The Morgan fingerprint density at radius 1 is 1.12 bits per heavy atom. The maximum Gasteiger partial charge on any atom is 0.129 e. The molecule has 0 radical (unpaired) electrons. The summed E-state index contributed by atoms with van der Waals surface area (Å²) in [6.45, 7) is 0.515. The zero-order chi connectivity index (χ0) is 12.3. The predicted octanol–water partition coefficient (Wildman–Crippen LogP) is 2.96. The van der Waals surface area contributed by atoms with E-state index in [1.807, 2.05) is 24.3 Å². The summed E-state index contributed by atoms with van der Waals surface area (Å²) in [5.41, 5.74) is 8.46. The first-order chi connectivity index (χ1) is 8.24. The summed E-state index contributed by atoms with van der Waals surface area (Å²) in [5.74, 6) is 0.231. The molecule has 0 bridgehead atoms. The summed E-state index contributed by atoms with van der Waals surface area (Å²) in [6, 6.07) is 12.3. The topological polar surface area (TPSA) is 35.2 Å². The maximum atomic E-state index is 13.1. The maximum absolute atomic E-state index is 13.1. The van der Waals surface area contributed by atoms with Crippen molar-refractivity contribution in [2.24, 2.45) is 5.73 Å². The van der Waals surface area contributed by atoms with Gasteiger partial charge in [-0.1, -0.05) is 24.3 Å². The first-order valence-corrected chi connectivity index (χ1v) is 5.37. The molecule has 3 heteroatoms. The third-order valence-electron chi connectivity index (χ3n) is 2.66. The van der Waals surface area contributed by atoms with Gasteiger partial charge < -0.3 is 10.5 Å². The lowest BCUT2D eigenvalue weighted by Gasteiger charge is -2.09. The number of methoxy groups -OCH3 is 1. The Bertz CT molecular complexity index is 508. The van der Waals surface area contributed by atoms with Crippen LogP contribution in [0.5, 0.6) is 5.75 Å². The Kier molecular flexibility index (Phi) is 3.40. The van der Waals surface area contributed by atoms with Gasteiger partial charge in [0, 0.05) is 18.2 Å². The van der Waals surface area contributed by atoms with E-state index < -0.39 is 0 Å². The number of halogens is 1. The van der Waals surface area contributed by atoms with Crippen LogP contribution in [0.3, 0.4) is 0 Å². The molecule has 0 amide bonds. The number of nitrogens with two attached hydrogens (primary N) is 1. The molecule has 0 unspecified atom stereocenters. The summed E-state index contributed by atoms with van der Waals surface area (Å²) in [5, 5.41) is 0. The third-order valence-corrected chi connectivity index (χ3v) is 2.66. The number of ether oxygens (including phenoxy) is 1. The summed E-state index contributed by atoms with van der Waals surface area (Å²) >= 11 is 0. The molecule has 0 atom stereocenters. The molecule has 0 fully saturated rings. The molecule has 0 spiro atoms. The normalized spacial score (nSPS) is 10.3. The van der Waals surface area contributed by atoms with E-state index >= 15 is 0 Å². The Hall–Kier alpha value is -1.87. The van der Waals surface area contributed by atoms with E-state index in [1.54, 1.807) is 6.07 Å². The van der Waals surface area contributed by atoms with Crippen molar-refractivity contribution in [3.8, 4) is 16.9 Å². The van der Waals surface area contributed by atoms with Crippen LogP contribution in [0.25, 0.3) is 11.1 Å². The summed E-state index contributed by atoms with van der Waals surface area (Å²) in [4.78, 5) is 0. The van der Waals surface area contributed by atoms with Gasteiger partial charge in [0.1, 0.15) is 11.6 Å². The van der Waals surface area contributed by atoms with Crippen molar-refractivity contribution in [1.82, 2.24) is 0 Å². The van der Waals surface area contributed by atoms with Crippen molar-refractivity contribution in [3.05, 3.63) is 53.8 Å². The van der Waals surface area contributed by atoms with Crippen LogP contribution >= 0.6 is 0 Å². The van der Waals surface area contributed by atoms with Crippen LogP contribution in [0.15, 0.2) is 42.5 Å². The molecule has 0 heterocycles. The smallest absolute Gasteiger partial charge is 0.129 e. The number of benzene rings is 2. The molecule has 0 aliphatic carbocycles. The van der Waals surface area contributed by atoms with Gasteiger partial charge in [-0.3, -0.25) is 0 Å². The SMILES string of the molecule is COc1cc(F)ccc1-c1ccc(CN)cc1. The minimum absolute atomic E-state index is 0.302. The second-order valence-corrected chi connectivity index (χ2v) is 3.75. The lowest BCUT2D eigenvalue weighted by atomic mass is 10.0. The molecule has 88 valence electrons. The standard InChI is InChI=1S/C14H14FNO/c1-17-14-8-12(15)6-7-13(14)11-4-2-10(9-16)3-5-11/h2-8H,9,16H2,1H3. The zero-order valence-corrected chi connectivity index (χ0v) is 9.61. The largest absolute Gasteiger partial charge is 0.496 e. The molecule has 0 aliphatic rings. The van der Waals surface area contributed by atoms with Crippen LogP contribution in [0, 0.1) is 5.82 Å². The molecule has 2 aromatic rings. The lowest BCUT2D eigenvalue weighted by molar-refractivity contribution is 0.413. The Morgan fingerprint density at radius 2 is 1.82 bits per heavy atom. The fraction of sp³-hybridized carbons (Fsp3) is 0.143. The highest BCUT2D eigenvalue weighted by molar-refractivity contribution is 5.70. The molecule has 17 heavy (non-hydrogen) atoms. The fourth-order valence-corrected chi connectivity index (χ4v) is 1.72. The summed E-state index contributed by atoms with van der Waals surface area (Å²) in [6.07, 6.45) is 0. The number of hydrogen-bond acceptors (Lipinski definition) is 2. The van der Waals surface area contributed by atoms with Crippen molar-refractivity contribution in [1.29, 1.82) is 0 Å². The van der Waals surface area contributed by atoms with Gasteiger partial charge in [-0.2, -0.15) is 0 Å². The van der Waals surface area contributed by atoms with Gasteiger partial charge in [-0.25, -0.2) is 4.39 Å². The Labute approximate surface area is 99.8 Å². The van der Waals surface area contributed by atoms with E-state index in [0.717, 1.165) is 16.7 Å². The van der Waals surface area contributed by atoms with Crippen molar-refractivity contribution in [3.63, 3.8) is 0 Å². The van der Waals surface area contributed by atoms with Gasteiger partial charge in [-0.05, 0) is 23.3 Å². The molecule has 2 aromatic carbocycles. The van der Waals surface area contributed by atoms with Gasteiger partial charge >= 0.3 is 0 Å².